The van der Waals surface area contributed by atoms with Gasteiger partial charge in [-0.15, -0.1) is 0 Å². The van der Waals surface area contributed by atoms with E-state index >= 15 is 0 Å². The first-order valence-corrected chi connectivity index (χ1v) is 8.16. The summed E-state index contributed by atoms with van der Waals surface area (Å²) < 4.78 is 13.1. The average molecular weight is 309 g/mol. The minimum Gasteiger partial charge on any atom is -0.388 e. The summed E-state index contributed by atoms with van der Waals surface area (Å²) in [5.74, 6) is 1.26. The smallest absolute Gasteiger partial charge is 0.244 e. The maximum absolute atomic E-state index is 13.1. The van der Waals surface area contributed by atoms with Gasteiger partial charge in [0.05, 0.1) is 5.60 Å². The summed E-state index contributed by atoms with van der Waals surface area (Å²) in [4.78, 5) is 11.9. The van der Waals surface area contributed by atoms with Crippen LogP contribution >= 0.6 is 11.8 Å². The first-order valence-electron chi connectivity index (χ1n) is 7.01. The number of carbonyl (C=O) groups excluding carboxylic acids is 1. The zero-order chi connectivity index (χ0) is 15.3. The summed E-state index contributed by atoms with van der Waals surface area (Å²) in [5, 5.41) is 13.0. The SMILES string of the molecule is CC(=CC(=O)NCC1(O)CCSCC1)c1cccc(F)c1. The molecule has 2 N–H and O–H groups in total. The molecule has 1 aliphatic rings. The summed E-state index contributed by atoms with van der Waals surface area (Å²) in [5.41, 5.74) is 0.581. The molecule has 5 heteroatoms. The van der Waals surface area contributed by atoms with Crippen molar-refractivity contribution in [3.63, 3.8) is 0 Å². The van der Waals surface area contributed by atoms with E-state index in [-0.39, 0.29) is 18.3 Å². The summed E-state index contributed by atoms with van der Waals surface area (Å²) >= 11 is 1.82. The number of halogens is 1. The van der Waals surface area contributed by atoms with Crippen molar-refractivity contribution < 1.29 is 14.3 Å². The van der Waals surface area contributed by atoms with Gasteiger partial charge in [-0.3, -0.25) is 4.79 Å². The number of allylic oxidation sites excluding steroid dienone is 1. The van der Waals surface area contributed by atoms with E-state index in [2.05, 4.69) is 5.32 Å². The number of hydrogen-bond donors (Lipinski definition) is 2. The first kappa shape index (κ1) is 16.0. The number of benzene rings is 1. The maximum atomic E-state index is 13.1. The molecular weight excluding hydrogens is 289 g/mol. The fourth-order valence-electron chi connectivity index (χ4n) is 2.24. The molecule has 114 valence electrons. The Morgan fingerprint density at radius 1 is 1.48 bits per heavy atom. The van der Waals surface area contributed by atoms with Gasteiger partial charge < -0.3 is 10.4 Å². The fourth-order valence-corrected chi connectivity index (χ4v) is 3.50. The lowest BCUT2D eigenvalue weighted by atomic mass is 9.97. The summed E-state index contributed by atoms with van der Waals surface area (Å²) in [6, 6.07) is 6.13. The zero-order valence-corrected chi connectivity index (χ0v) is 12.9. The molecule has 1 aromatic rings. The van der Waals surface area contributed by atoms with Crippen LogP contribution in [0.25, 0.3) is 5.57 Å². The van der Waals surface area contributed by atoms with Crippen molar-refractivity contribution in [2.75, 3.05) is 18.1 Å². The Hall–Kier alpha value is -1.33. The highest BCUT2D eigenvalue weighted by Crippen LogP contribution is 2.26. The van der Waals surface area contributed by atoms with E-state index in [4.69, 9.17) is 0 Å². The summed E-state index contributed by atoms with van der Waals surface area (Å²) in [7, 11) is 0. The van der Waals surface area contributed by atoms with Crippen molar-refractivity contribution in [1.82, 2.24) is 5.32 Å². The normalized spacial score (nSPS) is 18.3. The predicted octanol–water partition coefficient (Wildman–Crippen LogP) is 2.60. The monoisotopic (exact) mass is 309 g/mol. The molecule has 0 aromatic heterocycles. The lowest BCUT2D eigenvalue weighted by Crippen LogP contribution is -2.45. The Kier molecular flexibility index (Phi) is 5.42. The van der Waals surface area contributed by atoms with Gasteiger partial charge in [-0.05, 0) is 54.5 Å². The van der Waals surface area contributed by atoms with Gasteiger partial charge in [-0.1, -0.05) is 12.1 Å². The molecule has 1 aliphatic heterocycles. The number of aliphatic hydroxyl groups is 1. The molecule has 0 radical (unpaired) electrons. The second kappa shape index (κ2) is 7.09. The molecule has 1 aromatic carbocycles. The second-order valence-electron chi connectivity index (χ2n) is 5.39. The number of nitrogens with one attached hydrogen (secondary N) is 1. The number of amides is 1. The maximum Gasteiger partial charge on any atom is 0.244 e. The van der Waals surface area contributed by atoms with Crippen LogP contribution in [0, 0.1) is 5.82 Å². The van der Waals surface area contributed by atoms with Gasteiger partial charge in [0.1, 0.15) is 5.82 Å². The molecule has 0 atom stereocenters. The molecule has 0 saturated carbocycles. The van der Waals surface area contributed by atoms with Gasteiger partial charge in [-0.25, -0.2) is 4.39 Å². The van der Waals surface area contributed by atoms with Gasteiger partial charge in [0.2, 0.25) is 5.91 Å². The lowest BCUT2D eigenvalue weighted by Gasteiger charge is -2.31. The van der Waals surface area contributed by atoms with Crippen LogP contribution in [-0.2, 0) is 4.79 Å². The van der Waals surface area contributed by atoms with Gasteiger partial charge >= 0.3 is 0 Å². The molecule has 1 amide bonds. The van der Waals surface area contributed by atoms with Crippen LogP contribution in [0.3, 0.4) is 0 Å². The third-order valence-electron chi connectivity index (χ3n) is 3.64. The number of rotatable bonds is 4. The van der Waals surface area contributed by atoms with E-state index in [9.17, 15) is 14.3 Å². The predicted molar refractivity (Wildman–Crippen MR) is 84.6 cm³/mol. The number of hydrogen-bond acceptors (Lipinski definition) is 3. The van der Waals surface area contributed by atoms with E-state index in [1.807, 2.05) is 11.8 Å². The molecule has 3 nitrogen and oxygen atoms in total. The fraction of sp³-hybridized carbons (Fsp3) is 0.438. The van der Waals surface area contributed by atoms with Crippen molar-refractivity contribution in [3.8, 4) is 0 Å². The Morgan fingerprint density at radius 2 is 2.19 bits per heavy atom. The summed E-state index contributed by atoms with van der Waals surface area (Å²) in [6.07, 6.45) is 2.84. The molecule has 2 rings (SSSR count). The minimum atomic E-state index is -0.790. The van der Waals surface area contributed by atoms with Gasteiger partial charge in [0.25, 0.3) is 0 Å². The van der Waals surface area contributed by atoms with Crippen LogP contribution in [0.15, 0.2) is 30.3 Å². The first-order chi connectivity index (χ1) is 9.98. The van der Waals surface area contributed by atoms with Crippen molar-refractivity contribution in [2.45, 2.75) is 25.4 Å². The van der Waals surface area contributed by atoms with Crippen molar-refractivity contribution in [1.29, 1.82) is 0 Å². The molecule has 0 aliphatic carbocycles. The Labute approximate surface area is 128 Å². The van der Waals surface area contributed by atoms with Gasteiger partial charge in [0.15, 0.2) is 0 Å². The molecule has 0 bridgehead atoms. The Morgan fingerprint density at radius 3 is 2.86 bits per heavy atom. The zero-order valence-electron chi connectivity index (χ0n) is 12.1. The molecule has 21 heavy (non-hydrogen) atoms. The van der Waals surface area contributed by atoms with Gasteiger partial charge in [0, 0.05) is 12.6 Å². The van der Waals surface area contributed by atoms with Crippen LogP contribution < -0.4 is 5.32 Å². The van der Waals surface area contributed by atoms with Crippen LogP contribution in [0.5, 0.6) is 0 Å². The van der Waals surface area contributed by atoms with E-state index in [1.165, 1.54) is 18.2 Å². The third-order valence-corrected chi connectivity index (χ3v) is 4.63. The molecule has 0 unspecified atom stereocenters. The van der Waals surface area contributed by atoms with Crippen LogP contribution in [0.2, 0.25) is 0 Å². The Balaban J connectivity index is 1.92. The van der Waals surface area contributed by atoms with Crippen molar-refractivity contribution in [3.05, 3.63) is 41.7 Å². The Bertz CT molecular complexity index is 539. The highest BCUT2D eigenvalue weighted by atomic mass is 32.2. The molecule has 1 saturated heterocycles. The standard InChI is InChI=1S/C16H20FNO2S/c1-12(13-3-2-4-14(17)10-13)9-15(19)18-11-16(20)5-7-21-8-6-16/h2-4,9-10,20H,5-8,11H2,1H3,(H,18,19). The molecule has 1 heterocycles. The topological polar surface area (TPSA) is 49.3 Å². The highest BCUT2D eigenvalue weighted by molar-refractivity contribution is 7.99. The molecule has 1 fully saturated rings. The van der Waals surface area contributed by atoms with Crippen LogP contribution in [0.1, 0.15) is 25.3 Å². The third kappa shape index (κ3) is 4.86. The number of carbonyl (C=O) groups is 1. The largest absolute Gasteiger partial charge is 0.388 e. The summed E-state index contributed by atoms with van der Waals surface area (Å²) in [6.45, 7) is 2.03. The van der Waals surface area contributed by atoms with E-state index in [0.29, 0.717) is 24.0 Å². The van der Waals surface area contributed by atoms with E-state index < -0.39 is 5.60 Å². The molecule has 0 spiro atoms. The lowest BCUT2D eigenvalue weighted by molar-refractivity contribution is -0.117. The van der Waals surface area contributed by atoms with Crippen LogP contribution in [-0.4, -0.2) is 34.7 Å². The minimum absolute atomic E-state index is 0.261. The van der Waals surface area contributed by atoms with E-state index in [0.717, 1.165) is 11.5 Å². The van der Waals surface area contributed by atoms with E-state index in [1.54, 1.807) is 19.1 Å². The van der Waals surface area contributed by atoms with Crippen molar-refractivity contribution in [2.24, 2.45) is 0 Å². The highest BCUT2D eigenvalue weighted by Gasteiger charge is 2.29. The average Bonchev–Trinajstić information content (AvgIpc) is 2.46. The van der Waals surface area contributed by atoms with Gasteiger partial charge in [-0.2, -0.15) is 11.8 Å². The van der Waals surface area contributed by atoms with Crippen LogP contribution in [0.4, 0.5) is 4.39 Å². The number of thioether (sulfide) groups is 1. The van der Waals surface area contributed by atoms with Crippen molar-refractivity contribution >= 4 is 23.2 Å². The quantitative estimate of drug-likeness (QED) is 0.841. The second-order valence-corrected chi connectivity index (χ2v) is 6.62. The molecular formula is C16H20FNO2S.